The molecule has 0 fully saturated rings. The van der Waals surface area contributed by atoms with Gasteiger partial charge in [0.1, 0.15) is 5.75 Å². The van der Waals surface area contributed by atoms with Gasteiger partial charge < -0.3 is 5.11 Å². The van der Waals surface area contributed by atoms with Crippen molar-refractivity contribution in [3.05, 3.63) is 30.3 Å². The first-order valence-electron chi connectivity index (χ1n) is 3.43. The molecule has 0 aliphatic rings. The predicted molar refractivity (Wildman–Crippen MR) is 63.9 cm³/mol. The Hall–Kier alpha value is 0.470. The maximum absolute atomic E-state index is 8.63. The Bertz CT molecular complexity index is 244. The zero-order valence-electron chi connectivity index (χ0n) is 6.80. The van der Waals surface area contributed by atoms with E-state index in [4.69, 9.17) is 63.1 Å². The van der Waals surface area contributed by atoms with Crippen LogP contribution in [0.1, 0.15) is 0 Å². The van der Waals surface area contributed by atoms with Crippen LogP contribution in [-0.2, 0) is 0 Å². The standard InChI is InChI=1S/C6H6O.C2HCl5/c7-6-4-2-1-3-5-6;3-1(4)2(5,6)7/h1-5,7H;1H. The Morgan fingerprint density at radius 2 is 1.36 bits per heavy atom. The van der Waals surface area contributed by atoms with Crippen molar-refractivity contribution in [2.45, 2.75) is 8.63 Å². The Kier molecular flexibility index (Phi) is 7.09. The third kappa shape index (κ3) is 7.84. The molecule has 0 amide bonds. The maximum Gasteiger partial charge on any atom is 0.220 e. The summed E-state index contributed by atoms with van der Waals surface area (Å²) in [5.41, 5.74) is 0. The van der Waals surface area contributed by atoms with Crippen molar-refractivity contribution in [3.8, 4) is 5.75 Å². The average molecular weight is 296 g/mol. The quantitative estimate of drug-likeness (QED) is 0.696. The van der Waals surface area contributed by atoms with E-state index in [9.17, 15) is 0 Å². The zero-order chi connectivity index (χ0) is 11.2. The van der Waals surface area contributed by atoms with Gasteiger partial charge in [-0.15, -0.1) is 23.2 Å². The lowest BCUT2D eigenvalue weighted by Crippen LogP contribution is -2.11. The summed E-state index contributed by atoms with van der Waals surface area (Å²) in [5, 5.41) is 8.63. The number of benzene rings is 1. The third-order valence-electron chi connectivity index (χ3n) is 1.00. The lowest BCUT2D eigenvalue weighted by molar-refractivity contribution is 0.475. The molecular formula is C8H7Cl5O. The average Bonchev–Trinajstić information content (AvgIpc) is 2.04. The van der Waals surface area contributed by atoms with Gasteiger partial charge in [-0.25, -0.2) is 0 Å². The number of halogens is 5. The first-order chi connectivity index (χ1) is 6.34. The summed E-state index contributed by atoms with van der Waals surface area (Å²) in [5.74, 6) is 0.322. The fraction of sp³-hybridized carbons (Fsp3) is 0.250. The number of phenolic OH excluding ortho intramolecular Hbond substituents is 1. The zero-order valence-corrected chi connectivity index (χ0v) is 10.6. The summed E-state index contributed by atoms with van der Waals surface area (Å²) >= 11 is 25.7. The molecule has 0 heterocycles. The van der Waals surface area contributed by atoms with Gasteiger partial charge in [0.25, 0.3) is 0 Å². The highest BCUT2D eigenvalue weighted by molar-refractivity contribution is 6.73. The van der Waals surface area contributed by atoms with Crippen LogP contribution in [0.25, 0.3) is 0 Å². The molecule has 14 heavy (non-hydrogen) atoms. The molecule has 0 aromatic heterocycles. The molecule has 1 nitrogen and oxygen atoms in total. The maximum atomic E-state index is 8.63. The first-order valence-corrected chi connectivity index (χ1v) is 5.43. The Balaban J connectivity index is 0.000000241. The van der Waals surface area contributed by atoms with Gasteiger partial charge in [-0.05, 0) is 12.1 Å². The van der Waals surface area contributed by atoms with Crippen molar-refractivity contribution in [2.24, 2.45) is 0 Å². The first kappa shape index (κ1) is 14.5. The SMILES string of the molecule is ClC(Cl)C(Cl)(Cl)Cl.Oc1ccccc1. The van der Waals surface area contributed by atoms with Crippen LogP contribution in [0.5, 0.6) is 5.75 Å². The van der Waals surface area contributed by atoms with E-state index in [1.165, 1.54) is 0 Å². The summed E-state index contributed by atoms with van der Waals surface area (Å²) in [4.78, 5) is -0.961. The molecule has 1 N–H and O–H groups in total. The van der Waals surface area contributed by atoms with Crippen molar-refractivity contribution >= 4 is 58.0 Å². The summed E-state index contributed by atoms with van der Waals surface area (Å²) < 4.78 is -1.55. The molecule has 1 aromatic rings. The molecule has 1 aromatic carbocycles. The van der Waals surface area contributed by atoms with Crippen LogP contribution in [0, 0.1) is 0 Å². The molecule has 80 valence electrons. The van der Waals surface area contributed by atoms with Gasteiger partial charge >= 0.3 is 0 Å². The van der Waals surface area contributed by atoms with Gasteiger partial charge in [-0.3, -0.25) is 0 Å². The number of para-hydroxylation sites is 1. The van der Waals surface area contributed by atoms with Crippen molar-refractivity contribution in [1.29, 1.82) is 0 Å². The van der Waals surface area contributed by atoms with Crippen LogP contribution in [-0.4, -0.2) is 13.7 Å². The molecule has 0 aliphatic heterocycles. The van der Waals surface area contributed by atoms with Gasteiger partial charge in [0, 0.05) is 0 Å². The normalized spacial score (nSPS) is 10.7. The van der Waals surface area contributed by atoms with E-state index in [2.05, 4.69) is 0 Å². The van der Waals surface area contributed by atoms with Crippen molar-refractivity contribution in [2.75, 3.05) is 0 Å². The number of hydrogen-bond donors (Lipinski definition) is 1. The topological polar surface area (TPSA) is 20.2 Å². The second kappa shape index (κ2) is 6.86. The number of rotatable bonds is 0. The number of phenols is 1. The highest BCUT2D eigenvalue weighted by Crippen LogP contribution is 2.35. The van der Waals surface area contributed by atoms with E-state index >= 15 is 0 Å². The summed E-state index contributed by atoms with van der Waals surface area (Å²) in [7, 11) is 0. The monoisotopic (exact) mass is 294 g/mol. The Morgan fingerprint density at radius 3 is 1.50 bits per heavy atom. The highest BCUT2D eigenvalue weighted by Gasteiger charge is 2.28. The molecule has 0 spiro atoms. The van der Waals surface area contributed by atoms with Crippen LogP contribution in [0.15, 0.2) is 30.3 Å². The molecule has 0 unspecified atom stereocenters. The highest BCUT2D eigenvalue weighted by atomic mass is 35.6. The van der Waals surface area contributed by atoms with Crippen molar-refractivity contribution in [3.63, 3.8) is 0 Å². The van der Waals surface area contributed by atoms with Crippen molar-refractivity contribution in [1.82, 2.24) is 0 Å². The summed E-state index contributed by atoms with van der Waals surface area (Å²) in [6, 6.07) is 8.71. The second-order valence-electron chi connectivity index (χ2n) is 2.18. The predicted octanol–water partition coefficient (Wildman–Crippen LogP) is 4.55. The second-order valence-corrected chi connectivity index (χ2v) is 5.64. The molecule has 0 saturated carbocycles. The van der Waals surface area contributed by atoms with Crippen LogP contribution in [0.4, 0.5) is 0 Å². The smallest absolute Gasteiger partial charge is 0.220 e. The van der Waals surface area contributed by atoms with Gasteiger partial charge in [-0.1, -0.05) is 53.0 Å². The fourth-order valence-electron chi connectivity index (χ4n) is 0.428. The summed E-state index contributed by atoms with van der Waals surface area (Å²) in [6.07, 6.45) is 0. The minimum absolute atomic E-state index is 0.322. The lowest BCUT2D eigenvalue weighted by atomic mass is 10.3. The fourth-order valence-corrected chi connectivity index (χ4v) is 0.428. The molecule has 6 heteroatoms. The van der Waals surface area contributed by atoms with E-state index in [-0.39, 0.29) is 0 Å². The van der Waals surface area contributed by atoms with Gasteiger partial charge in [0.2, 0.25) is 3.79 Å². The summed E-state index contributed by atoms with van der Waals surface area (Å²) in [6.45, 7) is 0. The molecule has 0 atom stereocenters. The molecule has 0 aliphatic carbocycles. The minimum Gasteiger partial charge on any atom is -0.508 e. The minimum atomic E-state index is -1.55. The van der Waals surface area contributed by atoms with Crippen LogP contribution < -0.4 is 0 Å². The van der Waals surface area contributed by atoms with Crippen molar-refractivity contribution < 1.29 is 5.11 Å². The Morgan fingerprint density at radius 1 is 1.00 bits per heavy atom. The van der Waals surface area contributed by atoms with Crippen LogP contribution >= 0.6 is 58.0 Å². The van der Waals surface area contributed by atoms with Crippen LogP contribution in [0.2, 0.25) is 0 Å². The third-order valence-corrected chi connectivity index (χ3v) is 2.98. The molecule has 0 bridgehead atoms. The lowest BCUT2D eigenvalue weighted by Gasteiger charge is -2.09. The van der Waals surface area contributed by atoms with Gasteiger partial charge in [0.15, 0.2) is 4.84 Å². The van der Waals surface area contributed by atoms with Gasteiger partial charge in [-0.2, -0.15) is 0 Å². The molecular weight excluding hydrogens is 289 g/mol. The van der Waals surface area contributed by atoms with E-state index in [1.807, 2.05) is 6.07 Å². The number of aromatic hydroxyl groups is 1. The van der Waals surface area contributed by atoms with Crippen LogP contribution in [0.3, 0.4) is 0 Å². The largest absolute Gasteiger partial charge is 0.508 e. The van der Waals surface area contributed by atoms with E-state index in [0.29, 0.717) is 5.75 Å². The van der Waals surface area contributed by atoms with E-state index in [1.54, 1.807) is 24.3 Å². The van der Waals surface area contributed by atoms with Gasteiger partial charge in [0.05, 0.1) is 0 Å². The number of alkyl halides is 5. The van der Waals surface area contributed by atoms with E-state index in [0.717, 1.165) is 0 Å². The molecule has 0 saturated heterocycles. The van der Waals surface area contributed by atoms with E-state index < -0.39 is 8.63 Å². The molecule has 1 rings (SSSR count). The Labute approximate surface area is 107 Å². The number of hydrogen-bond acceptors (Lipinski definition) is 1. The molecule has 0 radical (unpaired) electrons.